The summed E-state index contributed by atoms with van der Waals surface area (Å²) in [6.45, 7) is 7.25. The third-order valence-corrected chi connectivity index (χ3v) is 5.53. The van der Waals surface area contributed by atoms with E-state index in [0.29, 0.717) is 6.54 Å². The molecule has 2 fully saturated rings. The van der Waals surface area contributed by atoms with E-state index in [1.807, 2.05) is 12.1 Å². The van der Waals surface area contributed by atoms with Gasteiger partial charge in [-0.25, -0.2) is 0 Å². The summed E-state index contributed by atoms with van der Waals surface area (Å²) in [6.07, 6.45) is 4.47. The number of amides is 2. The van der Waals surface area contributed by atoms with Gasteiger partial charge in [0, 0.05) is 44.5 Å². The Bertz CT molecular complexity index is 633. The van der Waals surface area contributed by atoms with E-state index in [-0.39, 0.29) is 24.5 Å². The summed E-state index contributed by atoms with van der Waals surface area (Å²) in [4.78, 5) is 28.2. The molecule has 2 saturated heterocycles. The zero-order chi connectivity index (χ0) is 19.2. The molecule has 6 nitrogen and oxygen atoms in total. The first-order valence-electron chi connectivity index (χ1n) is 10.0. The predicted octanol–water partition coefficient (Wildman–Crippen LogP) is 2.89. The zero-order valence-electron chi connectivity index (χ0n) is 16.4. The highest BCUT2D eigenvalue weighted by Gasteiger charge is 2.22. The minimum Gasteiger partial charge on any atom is -0.376 e. The minimum absolute atomic E-state index is 0.0493. The quantitative estimate of drug-likeness (QED) is 0.833. The highest BCUT2D eigenvalue weighted by Crippen LogP contribution is 2.24. The Morgan fingerprint density at radius 1 is 1.19 bits per heavy atom. The van der Waals surface area contributed by atoms with Crippen LogP contribution in [-0.2, 0) is 14.3 Å². The van der Waals surface area contributed by atoms with Crippen molar-refractivity contribution < 1.29 is 14.3 Å². The standard InChI is InChI=1S/C21H31N3O3/c1-16-9-11-23(12-10-16)19-7-5-18(6-8-19)22-21(26)15-24(17(2)25)14-20-4-3-13-27-20/h5-8,16,20H,3-4,9-15H2,1-2H3,(H,22,26). The average Bonchev–Trinajstić information content (AvgIpc) is 3.15. The molecule has 1 N–H and O–H groups in total. The minimum atomic E-state index is -0.178. The van der Waals surface area contributed by atoms with Gasteiger partial charge in [-0.05, 0) is 55.9 Å². The summed E-state index contributed by atoms with van der Waals surface area (Å²) < 4.78 is 5.58. The van der Waals surface area contributed by atoms with E-state index >= 15 is 0 Å². The lowest BCUT2D eigenvalue weighted by Gasteiger charge is -2.32. The topological polar surface area (TPSA) is 61.9 Å². The summed E-state index contributed by atoms with van der Waals surface area (Å²) in [6, 6.07) is 7.98. The van der Waals surface area contributed by atoms with Crippen LogP contribution in [0.15, 0.2) is 24.3 Å². The van der Waals surface area contributed by atoms with Gasteiger partial charge in [0.15, 0.2) is 0 Å². The highest BCUT2D eigenvalue weighted by atomic mass is 16.5. The fourth-order valence-corrected chi connectivity index (χ4v) is 3.73. The van der Waals surface area contributed by atoms with Crippen LogP contribution < -0.4 is 10.2 Å². The lowest BCUT2D eigenvalue weighted by Crippen LogP contribution is -2.41. The number of carbonyl (C=O) groups excluding carboxylic acids is 2. The predicted molar refractivity (Wildman–Crippen MR) is 107 cm³/mol. The fraction of sp³-hybridized carbons (Fsp3) is 0.619. The molecule has 0 aromatic heterocycles. The van der Waals surface area contributed by atoms with E-state index in [9.17, 15) is 9.59 Å². The molecule has 1 aromatic rings. The summed E-state index contributed by atoms with van der Waals surface area (Å²) in [5.74, 6) is 0.525. The van der Waals surface area contributed by atoms with Crippen LogP contribution in [0.2, 0.25) is 0 Å². The first-order chi connectivity index (χ1) is 13.0. The van der Waals surface area contributed by atoms with Crippen molar-refractivity contribution in [1.29, 1.82) is 0 Å². The Hall–Kier alpha value is -2.08. The number of piperidine rings is 1. The molecule has 1 unspecified atom stereocenters. The van der Waals surface area contributed by atoms with Crippen LogP contribution in [0.5, 0.6) is 0 Å². The number of hydrogen-bond acceptors (Lipinski definition) is 4. The fourth-order valence-electron chi connectivity index (χ4n) is 3.73. The number of benzene rings is 1. The number of ether oxygens (including phenoxy) is 1. The lowest BCUT2D eigenvalue weighted by atomic mass is 9.99. The first-order valence-corrected chi connectivity index (χ1v) is 10.0. The van der Waals surface area contributed by atoms with Crippen molar-refractivity contribution in [3.8, 4) is 0 Å². The maximum Gasteiger partial charge on any atom is 0.243 e. The molecule has 2 heterocycles. The van der Waals surface area contributed by atoms with E-state index in [1.54, 1.807) is 4.90 Å². The summed E-state index contributed by atoms with van der Waals surface area (Å²) in [5.41, 5.74) is 1.96. The molecule has 0 aliphatic carbocycles. The number of hydrogen-bond donors (Lipinski definition) is 1. The molecule has 148 valence electrons. The van der Waals surface area contributed by atoms with Gasteiger partial charge in [-0.3, -0.25) is 9.59 Å². The van der Waals surface area contributed by atoms with Crippen molar-refractivity contribution in [2.45, 2.75) is 45.6 Å². The van der Waals surface area contributed by atoms with Crippen LogP contribution in [-0.4, -0.2) is 55.6 Å². The smallest absolute Gasteiger partial charge is 0.243 e. The largest absolute Gasteiger partial charge is 0.376 e. The number of nitrogens with zero attached hydrogens (tertiary/aromatic N) is 2. The molecule has 1 aromatic carbocycles. The normalized spacial score (nSPS) is 20.5. The molecule has 3 rings (SSSR count). The molecule has 2 aliphatic rings. The number of rotatable bonds is 6. The highest BCUT2D eigenvalue weighted by molar-refractivity contribution is 5.94. The Balaban J connectivity index is 1.51. The zero-order valence-corrected chi connectivity index (χ0v) is 16.4. The molecule has 2 amide bonds. The first kappa shape index (κ1) is 19.7. The van der Waals surface area contributed by atoms with Crippen LogP contribution in [0.1, 0.15) is 39.5 Å². The third kappa shape index (κ3) is 5.70. The Labute approximate surface area is 161 Å². The van der Waals surface area contributed by atoms with Gasteiger partial charge in [0.2, 0.25) is 11.8 Å². The second kappa shape index (κ2) is 9.22. The van der Waals surface area contributed by atoms with Gasteiger partial charge >= 0.3 is 0 Å². The molecule has 0 radical (unpaired) electrons. The number of carbonyl (C=O) groups is 2. The molecule has 0 spiro atoms. The summed E-state index contributed by atoms with van der Waals surface area (Å²) in [5, 5.41) is 2.90. The van der Waals surface area contributed by atoms with E-state index < -0.39 is 0 Å². The lowest BCUT2D eigenvalue weighted by molar-refractivity contribution is -0.134. The van der Waals surface area contributed by atoms with Crippen LogP contribution in [0, 0.1) is 5.92 Å². The van der Waals surface area contributed by atoms with Crippen molar-refractivity contribution in [2.24, 2.45) is 5.92 Å². The Morgan fingerprint density at radius 2 is 1.89 bits per heavy atom. The summed E-state index contributed by atoms with van der Waals surface area (Å²) in [7, 11) is 0. The summed E-state index contributed by atoms with van der Waals surface area (Å²) >= 11 is 0. The third-order valence-electron chi connectivity index (χ3n) is 5.53. The van der Waals surface area contributed by atoms with E-state index in [0.717, 1.165) is 44.1 Å². The molecular formula is C21H31N3O3. The molecule has 0 saturated carbocycles. The monoisotopic (exact) mass is 373 g/mol. The second-order valence-corrected chi connectivity index (χ2v) is 7.80. The average molecular weight is 373 g/mol. The Kier molecular flexibility index (Phi) is 6.72. The van der Waals surface area contributed by atoms with E-state index in [1.165, 1.54) is 25.5 Å². The van der Waals surface area contributed by atoms with Crippen molar-refractivity contribution in [1.82, 2.24) is 4.90 Å². The SMILES string of the molecule is CC(=O)N(CC(=O)Nc1ccc(N2CCC(C)CC2)cc1)CC1CCCO1. The van der Waals surface area contributed by atoms with Crippen molar-refractivity contribution in [3.63, 3.8) is 0 Å². The van der Waals surface area contributed by atoms with Crippen LogP contribution in [0.25, 0.3) is 0 Å². The van der Waals surface area contributed by atoms with Gasteiger partial charge in [-0.1, -0.05) is 6.92 Å². The van der Waals surface area contributed by atoms with E-state index in [2.05, 4.69) is 29.3 Å². The van der Waals surface area contributed by atoms with Gasteiger partial charge in [-0.15, -0.1) is 0 Å². The van der Waals surface area contributed by atoms with Crippen LogP contribution in [0.3, 0.4) is 0 Å². The van der Waals surface area contributed by atoms with Gasteiger partial charge in [-0.2, -0.15) is 0 Å². The second-order valence-electron chi connectivity index (χ2n) is 7.80. The molecule has 2 aliphatic heterocycles. The number of nitrogens with one attached hydrogen (secondary N) is 1. The van der Waals surface area contributed by atoms with E-state index in [4.69, 9.17) is 4.74 Å². The Morgan fingerprint density at radius 3 is 2.48 bits per heavy atom. The molecule has 27 heavy (non-hydrogen) atoms. The molecule has 1 atom stereocenters. The maximum absolute atomic E-state index is 12.4. The van der Waals surface area contributed by atoms with Crippen molar-refractivity contribution in [3.05, 3.63) is 24.3 Å². The van der Waals surface area contributed by atoms with Crippen molar-refractivity contribution in [2.75, 3.05) is 43.0 Å². The van der Waals surface area contributed by atoms with Gasteiger partial charge in [0.05, 0.1) is 12.6 Å². The molecule has 0 bridgehead atoms. The number of anilines is 2. The molecular weight excluding hydrogens is 342 g/mol. The maximum atomic E-state index is 12.4. The van der Waals surface area contributed by atoms with Gasteiger partial charge < -0.3 is 19.9 Å². The van der Waals surface area contributed by atoms with Crippen molar-refractivity contribution >= 4 is 23.2 Å². The van der Waals surface area contributed by atoms with Gasteiger partial charge in [0.1, 0.15) is 0 Å². The van der Waals surface area contributed by atoms with Gasteiger partial charge in [0.25, 0.3) is 0 Å². The van der Waals surface area contributed by atoms with Crippen LogP contribution in [0.4, 0.5) is 11.4 Å². The van der Waals surface area contributed by atoms with Crippen LogP contribution >= 0.6 is 0 Å². The molecule has 6 heteroatoms.